The third-order valence-electron chi connectivity index (χ3n) is 4.04. The average Bonchev–Trinajstić information content (AvgIpc) is 2.29. The minimum atomic E-state index is 0.198. The quantitative estimate of drug-likeness (QED) is 0.669. The lowest BCUT2D eigenvalue weighted by atomic mass is 9.67. The molecule has 1 rings (SSSR count). The standard InChI is InChI=1S/C12H22N2O2/c1-3-12(4-2)6-10(13-8-15)5-11(7-12)14-9-16/h8-11H,3-7H2,1-2H3,(H,13,15)(H,14,16). The number of hydrogen-bond donors (Lipinski definition) is 2. The first-order valence-electron chi connectivity index (χ1n) is 6.09. The van der Waals surface area contributed by atoms with E-state index in [1.807, 2.05) is 0 Å². The molecule has 4 heteroatoms. The molecule has 0 aromatic heterocycles. The fourth-order valence-electron chi connectivity index (χ4n) is 2.91. The van der Waals surface area contributed by atoms with Crippen LogP contribution in [0.2, 0.25) is 0 Å². The third kappa shape index (κ3) is 2.97. The van der Waals surface area contributed by atoms with Crippen molar-refractivity contribution in [2.45, 2.75) is 58.0 Å². The minimum Gasteiger partial charge on any atom is -0.356 e. The predicted octanol–water partition coefficient (Wildman–Crippen LogP) is 1.21. The van der Waals surface area contributed by atoms with E-state index in [9.17, 15) is 9.59 Å². The highest BCUT2D eigenvalue weighted by molar-refractivity contribution is 5.48. The van der Waals surface area contributed by atoms with Crippen LogP contribution in [0.15, 0.2) is 0 Å². The number of carbonyl (C=O) groups is 2. The zero-order valence-electron chi connectivity index (χ0n) is 10.2. The molecule has 0 saturated heterocycles. The van der Waals surface area contributed by atoms with Crippen LogP contribution in [0, 0.1) is 5.41 Å². The van der Waals surface area contributed by atoms with Gasteiger partial charge in [-0.05, 0) is 24.7 Å². The normalized spacial score (nSPS) is 28.1. The Hall–Kier alpha value is -1.06. The second-order valence-corrected chi connectivity index (χ2v) is 4.81. The fraction of sp³-hybridized carbons (Fsp3) is 0.833. The molecule has 0 bridgehead atoms. The molecule has 1 fully saturated rings. The molecule has 0 aromatic carbocycles. The molecule has 92 valence electrons. The van der Waals surface area contributed by atoms with Crippen molar-refractivity contribution in [1.29, 1.82) is 0 Å². The molecule has 0 radical (unpaired) electrons. The van der Waals surface area contributed by atoms with Crippen molar-refractivity contribution in [3.05, 3.63) is 0 Å². The molecular weight excluding hydrogens is 204 g/mol. The summed E-state index contributed by atoms with van der Waals surface area (Å²) in [6.07, 6.45) is 6.62. The summed E-state index contributed by atoms with van der Waals surface area (Å²) in [7, 11) is 0. The fourth-order valence-corrected chi connectivity index (χ4v) is 2.91. The number of nitrogens with one attached hydrogen (secondary N) is 2. The van der Waals surface area contributed by atoms with Gasteiger partial charge < -0.3 is 10.6 Å². The van der Waals surface area contributed by atoms with Gasteiger partial charge in [0.2, 0.25) is 12.8 Å². The predicted molar refractivity (Wildman–Crippen MR) is 62.8 cm³/mol. The summed E-state index contributed by atoms with van der Waals surface area (Å²) in [4.78, 5) is 21.0. The van der Waals surface area contributed by atoms with Gasteiger partial charge in [-0.2, -0.15) is 0 Å². The van der Waals surface area contributed by atoms with Gasteiger partial charge in [0.1, 0.15) is 0 Å². The van der Waals surface area contributed by atoms with Crippen LogP contribution >= 0.6 is 0 Å². The van der Waals surface area contributed by atoms with Crippen molar-refractivity contribution in [2.24, 2.45) is 5.41 Å². The Morgan fingerprint density at radius 1 is 1.06 bits per heavy atom. The van der Waals surface area contributed by atoms with E-state index < -0.39 is 0 Å². The van der Waals surface area contributed by atoms with Crippen LogP contribution < -0.4 is 10.6 Å². The lowest BCUT2D eigenvalue weighted by molar-refractivity contribution is -0.111. The van der Waals surface area contributed by atoms with Gasteiger partial charge in [-0.15, -0.1) is 0 Å². The largest absolute Gasteiger partial charge is 0.356 e. The summed E-state index contributed by atoms with van der Waals surface area (Å²) < 4.78 is 0. The molecule has 0 aromatic rings. The summed E-state index contributed by atoms with van der Waals surface area (Å²) >= 11 is 0. The summed E-state index contributed by atoms with van der Waals surface area (Å²) in [6, 6.07) is 0.396. The second kappa shape index (κ2) is 5.87. The van der Waals surface area contributed by atoms with Crippen LogP contribution in [0.5, 0.6) is 0 Å². The molecule has 1 aliphatic carbocycles. The van der Waals surface area contributed by atoms with E-state index in [1.54, 1.807) is 0 Å². The van der Waals surface area contributed by atoms with Gasteiger partial charge in [0.25, 0.3) is 0 Å². The zero-order chi connectivity index (χ0) is 12.0. The van der Waals surface area contributed by atoms with E-state index in [-0.39, 0.29) is 17.5 Å². The summed E-state index contributed by atoms with van der Waals surface area (Å²) in [6.45, 7) is 4.37. The van der Waals surface area contributed by atoms with Gasteiger partial charge in [-0.1, -0.05) is 26.7 Å². The average molecular weight is 226 g/mol. The van der Waals surface area contributed by atoms with Gasteiger partial charge in [0.15, 0.2) is 0 Å². The SMILES string of the molecule is CCC1(CC)CC(NC=O)CC(NC=O)C1. The van der Waals surface area contributed by atoms with Crippen molar-refractivity contribution in [3.63, 3.8) is 0 Å². The van der Waals surface area contributed by atoms with E-state index in [2.05, 4.69) is 24.5 Å². The molecule has 16 heavy (non-hydrogen) atoms. The highest BCUT2D eigenvalue weighted by Gasteiger charge is 2.37. The van der Waals surface area contributed by atoms with Crippen molar-refractivity contribution >= 4 is 12.8 Å². The van der Waals surface area contributed by atoms with E-state index >= 15 is 0 Å². The van der Waals surface area contributed by atoms with E-state index in [1.165, 1.54) is 0 Å². The van der Waals surface area contributed by atoms with Crippen LogP contribution in [0.25, 0.3) is 0 Å². The Balaban J connectivity index is 2.71. The molecule has 2 unspecified atom stereocenters. The maximum absolute atomic E-state index is 10.5. The Labute approximate surface area is 97.2 Å². The first-order valence-corrected chi connectivity index (χ1v) is 6.09. The number of hydrogen-bond acceptors (Lipinski definition) is 2. The lowest BCUT2D eigenvalue weighted by Gasteiger charge is -2.43. The summed E-state index contributed by atoms with van der Waals surface area (Å²) in [5.74, 6) is 0. The molecule has 0 aliphatic heterocycles. The molecule has 0 heterocycles. The maximum atomic E-state index is 10.5. The van der Waals surface area contributed by atoms with E-state index in [4.69, 9.17) is 0 Å². The highest BCUT2D eigenvalue weighted by Crippen LogP contribution is 2.41. The number of carbonyl (C=O) groups excluding carboxylic acids is 2. The molecule has 4 nitrogen and oxygen atoms in total. The summed E-state index contributed by atoms with van der Waals surface area (Å²) in [5.41, 5.74) is 0.263. The van der Waals surface area contributed by atoms with Gasteiger partial charge >= 0.3 is 0 Å². The van der Waals surface area contributed by atoms with Crippen molar-refractivity contribution in [3.8, 4) is 0 Å². The molecule has 2 amide bonds. The Morgan fingerprint density at radius 2 is 1.50 bits per heavy atom. The molecule has 0 spiro atoms. The second-order valence-electron chi connectivity index (χ2n) is 4.81. The van der Waals surface area contributed by atoms with Crippen molar-refractivity contribution in [1.82, 2.24) is 10.6 Å². The van der Waals surface area contributed by atoms with Gasteiger partial charge in [-0.25, -0.2) is 0 Å². The van der Waals surface area contributed by atoms with Crippen LogP contribution in [0.3, 0.4) is 0 Å². The molecule has 1 saturated carbocycles. The Kier molecular flexibility index (Phi) is 4.77. The van der Waals surface area contributed by atoms with Gasteiger partial charge in [0.05, 0.1) is 0 Å². The van der Waals surface area contributed by atoms with Gasteiger partial charge in [0, 0.05) is 12.1 Å². The molecular formula is C12H22N2O2. The molecule has 1 aliphatic rings. The first kappa shape index (κ1) is 13.0. The van der Waals surface area contributed by atoms with Crippen LogP contribution in [-0.4, -0.2) is 24.9 Å². The Bertz CT molecular complexity index is 219. The highest BCUT2D eigenvalue weighted by atomic mass is 16.1. The smallest absolute Gasteiger partial charge is 0.207 e. The zero-order valence-corrected chi connectivity index (χ0v) is 10.2. The lowest BCUT2D eigenvalue weighted by Crippen LogP contribution is -2.48. The number of amides is 2. The van der Waals surface area contributed by atoms with Crippen LogP contribution in [-0.2, 0) is 9.59 Å². The monoisotopic (exact) mass is 226 g/mol. The maximum Gasteiger partial charge on any atom is 0.207 e. The van der Waals surface area contributed by atoms with E-state index in [0.717, 1.165) is 44.9 Å². The van der Waals surface area contributed by atoms with Crippen LogP contribution in [0.1, 0.15) is 46.0 Å². The van der Waals surface area contributed by atoms with Crippen molar-refractivity contribution < 1.29 is 9.59 Å². The summed E-state index contributed by atoms with van der Waals surface area (Å²) in [5, 5.41) is 5.72. The van der Waals surface area contributed by atoms with E-state index in [0.29, 0.717) is 0 Å². The number of rotatable bonds is 6. The topological polar surface area (TPSA) is 58.2 Å². The van der Waals surface area contributed by atoms with Crippen LogP contribution in [0.4, 0.5) is 0 Å². The third-order valence-corrected chi connectivity index (χ3v) is 4.04. The molecule has 2 N–H and O–H groups in total. The Morgan fingerprint density at radius 3 is 1.81 bits per heavy atom. The first-order chi connectivity index (χ1) is 7.69. The van der Waals surface area contributed by atoms with Crippen molar-refractivity contribution in [2.75, 3.05) is 0 Å². The van der Waals surface area contributed by atoms with Gasteiger partial charge in [-0.3, -0.25) is 9.59 Å². The minimum absolute atomic E-state index is 0.198. The molecule has 2 atom stereocenters.